The number of hydrogen-bond acceptors (Lipinski definition) is 10. The van der Waals surface area contributed by atoms with Crippen LogP contribution in [0.5, 0.6) is 0 Å². The highest BCUT2D eigenvalue weighted by Crippen LogP contribution is 2.58. The normalized spacial score (nSPS) is 39.1. The van der Waals surface area contributed by atoms with Crippen molar-refractivity contribution in [3.63, 3.8) is 0 Å². The van der Waals surface area contributed by atoms with E-state index in [1.807, 2.05) is 13.8 Å². The van der Waals surface area contributed by atoms with Crippen LogP contribution in [-0.2, 0) is 18.9 Å². The lowest BCUT2D eigenvalue weighted by Gasteiger charge is -2.51. The third kappa shape index (κ3) is 3.44. The Kier molecular flexibility index (Phi) is 6.24. The molecule has 10 saturated heterocycles. The minimum Gasteiger partial charge on any atom is -0.340 e. The van der Waals surface area contributed by atoms with Crippen LogP contribution in [0.15, 0.2) is 0 Å². The Morgan fingerprint density at radius 3 is 1.02 bits per heavy atom. The van der Waals surface area contributed by atoms with E-state index < -0.39 is 22.7 Å². The maximum absolute atomic E-state index is 13.4. The second-order valence-corrected chi connectivity index (χ2v) is 13.8. The Balaban J connectivity index is 0.000000278. The lowest BCUT2D eigenvalue weighted by atomic mass is 9.85. The summed E-state index contributed by atoms with van der Waals surface area (Å²) in [4.78, 5) is 87.8. The van der Waals surface area contributed by atoms with Crippen LogP contribution < -0.4 is 21.3 Å². The Bertz CT molecular complexity index is 1360. The van der Waals surface area contributed by atoms with Crippen LogP contribution in [0.2, 0.25) is 0 Å². The molecule has 0 spiro atoms. The summed E-state index contributed by atoms with van der Waals surface area (Å²) in [6.45, 7) is 4.85. The molecule has 49 heavy (non-hydrogen) atoms. The Hall–Kier alpha value is -4.54. The molecule has 10 heterocycles. The number of fused-ring (bicyclic) bond motifs is 1. The van der Waals surface area contributed by atoms with E-state index in [-0.39, 0.29) is 102 Å². The van der Waals surface area contributed by atoms with Gasteiger partial charge >= 0.3 is 36.2 Å². The predicted molar refractivity (Wildman–Crippen MR) is 156 cm³/mol. The van der Waals surface area contributed by atoms with E-state index in [0.717, 1.165) is 19.3 Å². The van der Waals surface area contributed by atoms with Gasteiger partial charge in [0.15, 0.2) is 22.7 Å². The highest BCUT2D eigenvalue weighted by atomic mass is 16.5. The zero-order valence-electron chi connectivity index (χ0n) is 27.0. The van der Waals surface area contributed by atoms with Gasteiger partial charge in [-0.1, -0.05) is 6.42 Å². The zero-order valence-corrected chi connectivity index (χ0v) is 27.0. The lowest BCUT2D eigenvalue weighted by molar-refractivity contribution is -0.197. The van der Waals surface area contributed by atoms with Crippen LogP contribution >= 0.6 is 0 Å². The molecule has 10 rings (SSSR count). The van der Waals surface area contributed by atoms with Crippen molar-refractivity contribution in [3.05, 3.63) is 0 Å². The molecule has 0 aromatic rings. The summed E-state index contributed by atoms with van der Waals surface area (Å²) in [6.07, 6.45) is 2.80. The molecule has 22 nitrogen and oxygen atoms in total. The fourth-order valence-electron chi connectivity index (χ4n) is 9.68. The minimum atomic E-state index is -0.861. The van der Waals surface area contributed by atoms with E-state index in [0.29, 0.717) is 12.8 Å². The smallest absolute Gasteiger partial charge is 0.327 e. The molecule has 0 unspecified atom stereocenters. The molecule has 0 aliphatic carbocycles. The number of rotatable bonds is 6. The number of urea groups is 6. The van der Waals surface area contributed by atoms with Crippen molar-refractivity contribution < 1.29 is 47.7 Å². The summed E-state index contributed by atoms with van der Waals surface area (Å²) in [5.74, 6) is 0. The van der Waals surface area contributed by atoms with Crippen molar-refractivity contribution >= 4 is 36.2 Å². The molecule has 10 aliphatic heterocycles. The van der Waals surface area contributed by atoms with E-state index in [1.54, 1.807) is 39.2 Å². The van der Waals surface area contributed by atoms with Crippen molar-refractivity contribution in [2.75, 3.05) is 53.8 Å². The average Bonchev–Trinajstić information content (AvgIpc) is 3.81. The topological polar surface area (TPSA) is 213 Å². The van der Waals surface area contributed by atoms with Gasteiger partial charge in [-0.2, -0.15) is 0 Å². The van der Waals surface area contributed by atoms with E-state index in [1.165, 1.54) is 0 Å². The standard InChI is InChI=1S/C23H32N8O8.C4H6N4O2/c1-20-22(28-12-38-13-29(22)17(33)25(20)9-36-8-24(20)16(28)32)6-4-3-5-7-23-21(2)26-10-37-11-27(21)19(35)31(23)15-39-14-30(23)18(26)34;9-3-5-1-2(7-3)8-4(10)6-1/h3-15H2,1-2H3;1-2H,(H2,5,7,9)(H2,6,8,10). The van der Waals surface area contributed by atoms with Gasteiger partial charge in [0, 0.05) is 0 Å². The molecule has 266 valence electrons. The molecular formula is C27H38N12O10. The summed E-state index contributed by atoms with van der Waals surface area (Å²) < 4.78 is 22.5. The van der Waals surface area contributed by atoms with Gasteiger partial charge in [0.05, 0.1) is 0 Å². The van der Waals surface area contributed by atoms with Gasteiger partial charge in [0.25, 0.3) is 0 Å². The molecule has 12 amide bonds. The molecule has 22 heteroatoms. The number of unbranched alkanes of at least 4 members (excludes halogenated alkanes) is 2. The molecular weight excluding hydrogens is 652 g/mol. The maximum Gasteiger partial charge on any atom is 0.327 e. The largest absolute Gasteiger partial charge is 0.340 e. The first kappa shape index (κ1) is 30.5. The molecule has 4 N–H and O–H groups in total. The number of hydrogen-bond donors (Lipinski definition) is 4. The number of amides is 12. The van der Waals surface area contributed by atoms with Gasteiger partial charge in [0.1, 0.15) is 66.2 Å². The third-order valence-corrected chi connectivity index (χ3v) is 12.0. The Morgan fingerprint density at radius 1 is 0.469 bits per heavy atom. The minimum absolute atomic E-state index is 0.117. The summed E-state index contributed by atoms with van der Waals surface area (Å²) in [7, 11) is 0. The second kappa shape index (κ2) is 10.0. The molecule has 0 radical (unpaired) electrons. The van der Waals surface area contributed by atoms with Crippen molar-refractivity contribution in [3.8, 4) is 0 Å². The van der Waals surface area contributed by atoms with E-state index >= 15 is 0 Å². The molecule has 0 saturated carbocycles. The summed E-state index contributed by atoms with van der Waals surface area (Å²) in [5, 5.41) is 10.0. The van der Waals surface area contributed by atoms with E-state index in [4.69, 9.17) is 18.9 Å². The number of ether oxygens (including phenoxy) is 4. The first-order valence-electron chi connectivity index (χ1n) is 16.3. The van der Waals surface area contributed by atoms with Gasteiger partial charge in [-0.15, -0.1) is 0 Å². The van der Waals surface area contributed by atoms with Crippen LogP contribution in [0.3, 0.4) is 0 Å². The van der Waals surface area contributed by atoms with Crippen LogP contribution in [0.25, 0.3) is 0 Å². The molecule has 10 aliphatic rings. The van der Waals surface area contributed by atoms with E-state index in [9.17, 15) is 28.8 Å². The Labute approximate surface area is 279 Å². The zero-order chi connectivity index (χ0) is 34.1. The van der Waals surface area contributed by atoms with E-state index in [2.05, 4.69) is 21.3 Å². The maximum atomic E-state index is 13.4. The molecule has 0 bridgehead atoms. The third-order valence-electron chi connectivity index (χ3n) is 12.0. The van der Waals surface area contributed by atoms with Gasteiger partial charge in [-0.3, -0.25) is 39.2 Å². The molecule has 0 aromatic heterocycles. The van der Waals surface area contributed by atoms with Gasteiger partial charge in [-0.05, 0) is 39.5 Å². The monoisotopic (exact) mass is 690 g/mol. The summed E-state index contributed by atoms with van der Waals surface area (Å²) in [6, 6.07) is -1.33. The van der Waals surface area contributed by atoms with Gasteiger partial charge < -0.3 is 40.2 Å². The SMILES string of the molecule is CC12N3COCN1C(=O)N1COCN(C3=O)C12CCCCCC12N3COCN1C(=O)N1COCN(C3=O)C12C.O=C1NC2NC(=O)NC2N1. The summed E-state index contributed by atoms with van der Waals surface area (Å²) in [5.41, 5.74) is -3.43. The van der Waals surface area contributed by atoms with Crippen molar-refractivity contribution in [1.29, 1.82) is 0 Å². The fourth-order valence-corrected chi connectivity index (χ4v) is 9.68. The molecule has 10 fully saturated rings. The quantitative estimate of drug-likeness (QED) is 0.243. The van der Waals surface area contributed by atoms with Crippen molar-refractivity contribution in [2.24, 2.45) is 0 Å². The van der Waals surface area contributed by atoms with Crippen LogP contribution in [0, 0.1) is 0 Å². The van der Waals surface area contributed by atoms with Gasteiger partial charge in [0.2, 0.25) is 0 Å². The van der Waals surface area contributed by atoms with Gasteiger partial charge in [-0.25, -0.2) is 28.8 Å². The number of nitrogens with one attached hydrogen (secondary N) is 4. The number of carbonyl (C=O) groups is 6. The lowest BCUT2D eigenvalue weighted by Crippen LogP contribution is -2.70. The summed E-state index contributed by atoms with van der Waals surface area (Å²) >= 11 is 0. The average molecular weight is 691 g/mol. The van der Waals surface area contributed by atoms with Crippen molar-refractivity contribution in [1.82, 2.24) is 60.5 Å². The van der Waals surface area contributed by atoms with Crippen molar-refractivity contribution in [2.45, 2.75) is 80.9 Å². The first-order chi connectivity index (χ1) is 23.5. The van der Waals surface area contributed by atoms with Crippen LogP contribution in [0.4, 0.5) is 28.8 Å². The predicted octanol–water partition coefficient (Wildman–Crippen LogP) is -1.24. The Morgan fingerprint density at radius 2 is 0.735 bits per heavy atom. The fraction of sp³-hybridized carbons (Fsp3) is 0.778. The van der Waals surface area contributed by atoms with Crippen LogP contribution in [0.1, 0.15) is 46.0 Å². The number of nitrogens with zero attached hydrogens (tertiary/aromatic N) is 8. The first-order valence-corrected chi connectivity index (χ1v) is 16.3. The second-order valence-electron chi connectivity index (χ2n) is 13.8. The highest BCUT2D eigenvalue weighted by Gasteiger charge is 2.79. The highest BCUT2D eigenvalue weighted by molar-refractivity contribution is 5.90. The van der Waals surface area contributed by atoms with Crippen LogP contribution in [-0.4, -0.2) is 164 Å². The molecule has 0 atom stereocenters. The number of carbonyl (C=O) groups excluding carboxylic acids is 6. The molecule has 0 aromatic carbocycles.